The van der Waals surface area contributed by atoms with Crippen molar-refractivity contribution in [2.75, 3.05) is 31.1 Å². The van der Waals surface area contributed by atoms with E-state index >= 15 is 0 Å². The summed E-state index contributed by atoms with van der Waals surface area (Å²) in [6.45, 7) is 9.53. The number of benzene rings is 1. The minimum atomic E-state index is -0.422. The summed E-state index contributed by atoms with van der Waals surface area (Å²) in [5, 5.41) is 9.43. The number of likely N-dealkylation sites (tertiary alicyclic amines) is 1. The molecule has 26 heavy (non-hydrogen) atoms. The Hall–Kier alpha value is -1.91. The summed E-state index contributed by atoms with van der Waals surface area (Å²) >= 11 is 0. The minimum Gasteiger partial charge on any atom is -0.508 e. The molecule has 0 spiro atoms. The number of piperidine rings is 2. The molecule has 1 amide bonds. The number of nitrogens with zero attached hydrogens (tertiary/aromatic N) is 2. The highest BCUT2D eigenvalue weighted by atomic mass is 16.6. The van der Waals surface area contributed by atoms with E-state index in [1.54, 1.807) is 12.1 Å². The van der Waals surface area contributed by atoms with Crippen molar-refractivity contribution in [1.82, 2.24) is 4.90 Å². The topological polar surface area (TPSA) is 53.0 Å². The predicted octanol–water partition coefficient (Wildman–Crippen LogP) is 4.26. The highest BCUT2D eigenvalue weighted by molar-refractivity contribution is 5.68. The predicted molar refractivity (Wildman–Crippen MR) is 104 cm³/mol. The fourth-order valence-corrected chi connectivity index (χ4v) is 4.17. The molecule has 0 atom stereocenters. The fourth-order valence-electron chi connectivity index (χ4n) is 4.17. The van der Waals surface area contributed by atoms with Gasteiger partial charge in [-0.1, -0.05) is 0 Å². The molecule has 1 aromatic carbocycles. The molecule has 0 aliphatic carbocycles. The van der Waals surface area contributed by atoms with Crippen LogP contribution in [0.5, 0.6) is 5.75 Å². The number of aromatic hydroxyl groups is 1. The van der Waals surface area contributed by atoms with Crippen molar-refractivity contribution in [2.24, 2.45) is 11.8 Å². The molecular weight excluding hydrogens is 328 g/mol. The lowest BCUT2D eigenvalue weighted by Gasteiger charge is -2.41. The summed E-state index contributed by atoms with van der Waals surface area (Å²) in [5.41, 5.74) is 0.774. The van der Waals surface area contributed by atoms with E-state index in [4.69, 9.17) is 4.74 Å². The quantitative estimate of drug-likeness (QED) is 0.856. The molecule has 2 aliphatic rings. The van der Waals surface area contributed by atoms with Crippen LogP contribution in [0.3, 0.4) is 0 Å². The van der Waals surface area contributed by atoms with Gasteiger partial charge in [0.15, 0.2) is 0 Å². The number of rotatable bonds is 2. The Morgan fingerprint density at radius 1 is 0.962 bits per heavy atom. The van der Waals surface area contributed by atoms with Crippen LogP contribution in [0.25, 0.3) is 0 Å². The standard InChI is InChI=1S/C21H32N2O3/c1-21(2,3)26-20(25)23-14-10-17(11-15-23)16-8-12-22(13-9-16)18-4-6-19(24)7-5-18/h4-7,16-17,24H,8-15H2,1-3H3. The summed E-state index contributed by atoms with van der Waals surface area (Å²) in [5.74, 6) is 1.79. The van der Waals surface area contributed by atoms with Crippen molar-refractivity contribution in [1.29, 1.82) is 0 Å². The molecule has 0 unspecified atom stereocenters. The number of carbonyl (C=O) groups excluding carboxylic acids is 1. The van der Waals surface area contributed by atoms with Crippen LogP contribution in [-0.2, 0) is 4.74 Å². The molecular formula is C21H32N2O3. The van der Waals surface area contributed by atoms with Crippen LogP contribution in [0.1, 0.15) is 46.5 Å². The molecule has 2 aliphatic heterocycles. The molecule has 5 heteroatoms. The average molecular weight is 360 g/mol. The van der Waals surface area contributed by atoms with Gasteiger partial charge in [-0.3, -0.25) is 0 Å². The molecule has 5 nitrogen and oxygen atoms in total. The smallest absolute Gasteiger partial charge is 0.410 e. The molecule has 144 valence electrons. The van der Waals surface area contributed by atoms with Gasteiger partial charge in [0.1, 0.15) is 11.4 Å². The maximum atomic E-state index is 12.2. The van der Waals surface area contributed by atoms with Crippen LogP contribution in [0.4, 0.5) is 10.5 Å². The van der Waals surface area contributed by atoms with Gasteiger partial charge in [-0.2, -0.15) is 0 Å². The van der Waals surface area contributed by atoms with Gasteiger partial charge in [-0.25, -0.2) is 4.79 Å². The van der Waals surface area contributed by atoms with E-state index in [0.717, 1.165) is 50.9 Å². The van der Waals surface area contributed by atoms with E-state index in [2.05, 4.69) is 4.90 Å². The Bertz CT molecular complexity index is 593. The fraction of sp³-hybridized carbons (Fsp3) is 0.667. The first kappa shape index (κ1) is 18.9. The first-order valence-electron chi connectivity index (χ1n) is 9.84. The Labute approximate surface area is 156 Å². The number of phenols is 1. The van der Waals surface area contributed by atoms with Crippen molar-refractivity contribution >= 4 is 11.8 Å². The molecule has 0 aromatic heterocycles. The van der Waals surface area contributed by atoms with E-state index in [-0.39, 0.29) is 6.09 Å². The Morgan fingerprint density at radius 2 is 1.46 bits per heavy atom. The summed E-state index contributed by atoms with van der Waals surface area (Å²) in [4.78, 5) is 16.5. The van der Waals surface area contributed by atoms with Gasteiger partial charge in [0.2, 0.25) is 0 Å². The Morgan fingerprint density at radius 3 is 1.96 bits per heavy atom. The highest BCUT2D eigenvalue weighted by Gasteiger charge is 2.32. The van der Waals surface area contributed by atoms with Gasteiger partial charge in [0.05, 0.1) is 0 Å². The molecule has 2 heterocycles. The van der Waals surface area contributed by atoms with Crippen LogP contribution >= 0.6 is 0 Å². The van der Waals surface area contributed by atoms with Crippen molar-refractivity contribution in [2.45, 2.75) is 52.1 Å². The number of hydrogen-bond acceptors (Lipinski definition) is 4. The lowest BCUT2D eigenvalue weighted by molar-refractivity contribution is 0.0152. The zero-order valence-electron chi connectivity index (χ0n) is 16.3. The highest BCUT2D eigenvalue weighted by Crippen LogP contribution is 2.34. The normalized spacial score (nSPS) is 20.3. The first-order valence-corrected chi connectivity index (χ1v) is 9.84. The third-order valence-corrected chi connectivity index (χ3v) is 5.61. The molecule has 0 radical (unpaired) electrons. The van der Waals surface area contributed by atoms with Crippen molar-refractivity contribution in [3.05, 3.63) is 24.3 Å². The number of phenolic OH excluding ortho intramolecular Hbond substituents is 1. The van der Waals surface area contributed by atoms with Gasteiger partial charge < -0.3 is 19.6 Å². The molecule has 2 fully saturated rings. The lowest BCUT2D eigenvalue weighted by atomic mass is 9.79. The monoisotopic (exact) mass is 360 g/mol. The van der Waals surface area contributed by atoms with E-state index in [1.165, 1.54) is 18.5 Å². The van der Waals surface area contributed by atoms with Crippen LogP contribution in [0, 0.1) is 11.8 Å². The average Bonchev–Trinajstić information content (AvgIpc) is 2.61. The minimum absolute atomic E-state index is 0.168. The number of ether oxygens (including phenoxy) is 1. The van der Waals surface area contributed by atoms with E-state index in [0.29, 0.717) is 5.75 Å². The second-order valence-corrected chi connectivity index (χ2v) is 8.65. The number of amides is 1. The summed E-state index contributed by atoms with van der Waals surface area (Å²) in [6, 6.07) is 7.51. The number of hydrogen-bond donors (Lipinski definition) is 1. The number of anilines is 1. The summed E-state index contributed by atoms with van der Waals surface area (Å²) in [7, 11) is 0. The van der Waals surface area contributed by atoms with Crippen LogP contribution in [0.2, 0.25) is 0 Å². The zero-order valence-corrected chi connectivity index (χ0v) is 16.3. The third-order valence-electron chi connectivity index (χ3n) is 5.61. The second kappa shape index (κ2) is 7.77. The Kier molecular flexibility index (Phi) is 5.64. The summed E-state index contributed by atoms with van der Waals surface area (Å²) in [6.07, 6.45) is 4.42. The first-order chi connectivity index (χ1) is 12.3. The second-order valence-electron chi connectivity index (χ2n) is 8.65. The largest absolute Gasteiger partial charge is 0.508 e. The number of carbonyl (C=O) groups is 1. The van der Waals surface area contributed by atoms with Gasteiger partial charge in [0.25, 0.3) is 0 Å². The maximum Gasteiger partial charge on any atom is 0.410 e. The van der Waals surface area contributed by atoms with E-state index in [1.807, 2.05) is 37.8 Å². The SMILES string of the molecule is CC(C)(C)OC(=O)N1CCC(C2CCN(c3ccc(O)cc3)CC2)CC1. The molecule has 0 bridgehead atoms. The van der Waals surface area contributed by atoms with Gasteiger partial charge >= 0.3 is 6.09 Å². The van der Waals surface area contributed by atoms with Gasteiger partial charge in [-0.05, 0) is 82.6 Å². The summed E-state index contributed by atoms with van der Waals surface area (Å²) < 4.78 is 5.49. The molecule has 3 rings (SSSR count). The molecule has 1 aromatic rings. The zero-order chi connectivity index (χ0) is 18.7. The van der Waals surface area contributed by atoms with Crippen LogP contribution in [0.15, 0.2) is 24.3 Å². The van der Waals surface area contributed by atoms with Crippen molar-refractivity contribution < 1.29 is 14.6 Å². The van der Waals surface area contributed by atoms with Crippen LogP contribution in [-0.4, -0.2) is 47.9 Å². The van der Waals surface area contributed by atoms with E-state index in [9.17, 15) is 9.90 Å². The van der Waals surface area contributed by atoms with Gasteiger partial charge in [0, 0.05) is 31.9 Å². The lowest BCUT2D eigenvalue weighted by Crippen LogP contribution is -2.44. The molecule has 2 saturated heterocycles. The molecule has 1 N–H and O–H groups in total. The van der Waals surface area contributed by atoms with E-state index < -0.39 is 5.60 Å². The molecule has 0 saturated carbocycles. The van der Waals surface area contributed by atoms with Gasteiger partial charge in [-0.15, -0.1) is 0 Å². The maximum absolute atomic E-state index is 12.2. The Balaban J connectivity index is 1.45. The third kappa shape index (κ3) is 4.83. The van der Waals surface area contributed by atoms with Crippen LogP contribution < -0.4 is 4.90 Å². The van der Waals surface area contributed by atoms with Crippen molar-refractivity contribution in [3.8, 4) is 5.75 Å². The van der Waals surface area contributed by atoms with Crippen molar-refractivity contribution in [3.63, 3.8) is 0 Å².